The number of hydrogen-bond donors (Lipinski definition) is 1. The van der Waals surface area contributed by atoms with Crippen LogP contribution >= 0.6 is 11.6 Å². The van der Waals surface area contributed by atoms with Gasteiger partial charge >= 0.3 is 0 Å². The molecule has 3 heteroatoms. The van der Waals surface area contributed by atoms with Gasteiger partial charge in [0.2, 0.25) is 0 Å². The highest BCUT2D eigenvalue weighted by atomic mass is 35.5. The Bertz CT molecular complexity index is 383. The average molecular weight is 228 g/mol. The summed E-state index contributed by atoms with van der Waals surface area (Å²) in [5, 5.41) is 3.68. The third-order valence-electron chi connectivity index (χ3n) is 3.22. The predicted molar refractivity (Wildman–Crippen MR) is 60.7 cm³/mol. The molecule has 0 aromatic heterocycles. The minimum atomic E-state index is -0.327. The van der Waals surface area contributed by atoms with Crippen molar-refractivity contribution in [1.82, 2.24) is 5.32 Å². The minimum Gasteiger partial charge on any atom is -0.308 e. The van der Waals surface area contributed by atoms with Crippen molar-refractivity contribution in [2.75, 3.05) is 6.54 Å². The summed E-state index contributed by atoms with van der Waals surface area (Å²) < 4.78 is 13.4. The Balaban J connectivity index is 2.55. The van der Waals surface area contributed by atoms with Gasteiger partial charge in [0.15, 0.2) is 0 Å². The Kier molecular flexibility index (Phi) is 2.73. The summed E-state index contributed by atoms with van der Waals surface area (Å²) in [6, 6.07) is 3.22. The third-order valence-corrected chi connectivity index (χ3v) is 3.59. The van der Waals surface area contributed by atoms with E-state index in [4.69, 9.17) is 11.6 Å². The summed E-state index contributed by atoms with van der Waals surface area (Å²) in [6.45, 7) is 5.04. The Morgan fingerprint density at radius 1 is 1.47 bits per heavy atom. The Morgan fingerprint density at radius 2 is 2.20 bits per heavy atom. The zero-order valence-electron chi connectivity index (χ0n) is 9.03. The summed E-state index contributed by atoms with van der Waals surface area (Å²) in [5.41, 5.74) is 1.81. The lowest BCUT2D eigenvalue weighted by molar-refractivity contribution is 0.429. The van der Waals surface area contributed by atoms with E-state index in [1.165, 1.54) is 6.07 Å². The van der Waals surface area contributed by atoms with Crippen LogP contribution in [0.2, 0.25) is 5.02 Å². The van der Waals surface area contributed by atoms with E-state index in [2.05, 4.69) is 12.2 Å². The third kappa shape index (κ3) is 1.77. The molecule has 1 unspecified atom stereocenters. The van der Waals surface area contributed by atoms with Gasteiger partial charge in [-0.1, -0.05) is 17.7 Å². The van der Waals surface area contributed by atoms with Crippen molar-refractivity contribution in [2.24, 2.45) is 0 Å². The zero-order valence-corrected chi connectivity index (χ0v) is 9.79. The molecule has 0 spiro atoms. The smallest absolute Gasteiger partial charge is 0.142 e. The molecule has 1 aliphatic heterocycles. The summed E-state index contributed by atoms with van der Waals surface area (Å²) in [6.07, 6.45) is 2.12. The van der Waals surface area contributed by atoms with Crippen molar-refractivity contribution in [2.45, 2.75) is 32.2 Å². The van der Waals surface area contributed by atoms with Crippen LogP contribution in [0.4, 0.5) is 4.39 Å². The van der Waals surface area contributed by atoms with Gasteiger partial charge in [0.1, 0.15) is 5.82 Å². The average Bonchev–Trinajstić information content (AvgIpc) is 2.60. The molecule has 0 radical (unpaired) electrons. The molecule has 1 aromatic carbocycles. The minimum absolute atomic E-state index is 0.163. The van der Waals surface area contributed by atoms with E-state index in [0.717, 1.165) is 30.5 Å². The molecular weight excluding hydrogens is 213 g/mol. The lowest BCUT2D eigenvalue weighted by Gasteiger charge is -2.28. The van der Waals surface area contributed by atoms with Crippen LogP contribution in [0.3, 0.4) is 0 Å². The molecule has 82 valence electrons. The molecule has 1 aliphatic rings. The summed E-state index contributed by atoms with van der Waals surface area (Å²) >= 11 is 6.05. The van der Waals surface area contributed by atoms with E-state index in [0.29, 0.717) is 0 Å². The van der Waals surface area contributed by atoms with Crippen LogP contribution in [0, 0.1) is 12.7 Å². The molecule has 1 saturated heterocycles. The summed E-state index contributed by atoms with van der Waals surface area (Å²) in [4.78, 5) is 0. The molecule has 1 aromatic rings. The van der Waals surface area contributed by atoms with Gasteiger partial charge < -0.3 is 5.32 Å². The molecule has 1 N–H and O–H groups in total. The molecule has 0 bridgehead atoms. The lowest BCUT2D eigenvalue weighted by Crippen LogP contribution is -2.34. The molecule has 1 atom stereocenters. The predicted octanol–water partition coefficient (Wildman–Crippen LogP) is 3.39. The molecule has 0 saturated carbocycles. The fourth-order valence-electron chi connectivity index (χ4n) is 2.43. The molecule has 0 amide bonds. The quantitative estimate of drug-likeness (QED) is 0.776. The van der Waals surface area contributed by atoms with Gasteiger partial charge in [0.25, 0.3) is 0 Å². The number of hydrogen-bond acceptors (Lipinski definition) is 1. The molecule has 15 heavy (non-hydrogen) atoms. The molecular formula is C12H15ClFN. The molecule has 0 aliphatic carbocycles. The van der Waals surface area contributed by atoms with E-state index < -0.39 is 0 Å². The maximum atomic E-state index is 13.4. The Labute approximate surface area is 94.6 Å². The topological polar surface area (TPSA) is 12.0 Å². The SMILES string of the molecule is Cc1ccc(F)c(Cl)c1C1(C)CCCN1. The largest absolute Gasteiger partial charge is 0.308 e. The normalized spacial score (nSPS) is 25.9. The van der Waals surface area contributed by atoms with Crippen LogP contribution in [0.1, 0.15) is 30.9 Å². The molecule has 2 rings (SSSR count). The van der Waals surface area contributed by atoms with E-state index in [-0.39, 0.29) is 16.4 Å². The summed E-state index contributed by atoms with van der Waals surface area (Å²) in [7, 11) is 0. The Hall–Kier alpha value is -0.600. The van der Waals surface area contributed by atoms with Crippen molar-refractivity contribution in [3.63, 3.8) is 0 Å². The fraction of sp³-hybridized carbons (Fsp3) is 0.500. The van der Waals surface area contributed by atoms with Crippen molar-refractivity contribution in [3.8, 4) is 0 Å². The van der Waals surface area contributed by atoms with Gasteiger partial charge in [0.05, 0.1) is 5.02 Å². The van der Waals surface area contributed by atoms with Crippen molar-refractivity contribution < 1.29 is 4.39 Å². The lowest BCUT2D eigenvalue weighted by atomic mass is 9.87. The number of halogens is 2. The van der Waals surface area contributed by atoms with Gasteiger partial charge in [-0.15, -0.1) is 0 Å². The van der Waals surface area contributed by atoms with Crippen molar-refractivity contribution >= 4 is 11.6 Å². The van der Waals surface area contributed by atoms with Crippen molar-refractivity contribution in [1.29, 1.82) is 0 Å². The number of rotatable bonds is 1. The fourth-order valence-corrected chi connectivity index (χ4v) is 2.85. The zero-order chi connectivity index (χ0) is 11.1. The van der Waals surface area contributed by atoms with Gasteiger partial charge in [-0.05, 0) is 50.4 Å². The monoisotopic (exact) mass is 227 g/mol. The van der Waals surface area contributed by atoms with E-state index >= 15 is 0 Å². The number of aryl methyl sites for hydroxylation is 1. The maximum absolute atomic E-state index is 13.4. The first kappa shape index (κ1) is 10.9. The van der Waals surface area contributed by atoms with Crippen molar-refractivity contribution in [3.05, 3.63) is 34.1 Å². The van der Waals surface area contributed by atoms with Gasteiger partial charge in [-0.25, -0.2) is 4.39 Å². The van der Waals surface area contributed by atoms with Crippen LogP contribution in [0.15, 0.2) is 12.1 Å². The second-order valence-corrected chi connectivity index (χ2v) is 4.79. The first-order chi connectivity index (χ1) is 7.04. The van der Waals surface area contributed by atoms with E-state index in [9.17, 15) is 4.39 Å². The highest BCUT2D eigenvalue weighted by molar-refractivity contribution is 6.31. The van der Waals surface area contributed by atoms with E-state index in [1.807, 2.05) is 6.92 Å². The Morgan fingerprint density at radius 3 is 2.80 bits per heavy atom. The van der Waals surface area contributed by atoms with Crippen LogP contribution in [0.25, 0.3) is 0 Å². The first-order valence-corrected chi connectivity index (χ1v) is 5.62. The highest BCUT2D eigenvalue weighted by Crippen LogP contribution is 2.38. The molecule has 1 nitrogen and oxygen atoms in total. The maximum Gasteiger partial charge on any atom is 0.142 e. The van der Waals surface area contributed by atoms with Crippen LogP contribution in [0.5, 0.6) is 0 Å². The van der Waals surface area contributed by atoms with Gasteiger partial charge in [-0.2, -0.15) is 0 Å². The molecule has 1 heterocycles. The first-order valence-electron chi connectivity index (χ1n) is 5.25. The highest BCUT2D eigenvalue weighted by Gasteiger charge is 2.33. The van der Waals surface area contributed by atoms with Crippen LogP contribution < -0.4 is 5.32 Å². The summed E-state index contributed by atoms with van der Waals surface area (Å²) in [5.74, 6) is -0.327. The standard InChI is InChI=1S/C12H15ClFN/c1-8-4-5-9(14)11(13)10(8)12(2)6-3-7-15-12/h4-5,15H,3,6-7H2,1-2H3. The second kappa shape index (κ2) is 3.76. The van der Waals surface area contributed by atoms with Gasteiger partial charge in [0, 0.05) is 5.54 Å². The number of benzene rings is 1. The van der Waals surface area contributed by atoms with E-state index in [1.54, 1.807) is 6.07 Å². The van der Waals surface area contributed by atoms with Gasteiger partial charge in [-0.3, -0.25) is 0 Å². The second-order valence-electron chi connectivity index (χ2n) is 4.42. The molecule has 1 fully saturated rings. The number of nitrogens with one attached hydrogen (secondary N) is 1. The van der Waals surface area contributed by atoms with Crippen LogP contribution in [-0.4, -0.2) is 6.54 Å². The van der Waals surface area contributed by atoms with Crippen LogP contribution in [-0.2, 0) is 5.54 Å².